The first-order valence-corrected chi connectivity index (χ1v) is 8.38. The number of ether oxygens (including phenoxy) is 1. The summed E-state index contributed by atoms with van der Waals surface area (Å²) in [7, 11) is 1.16. The van der Waals surface area contributed by atoms with Crippen LogP contribution in [0.5, 0.6) is 5.75 Å². The molecule has 0 radical (unpaired) electrons. The molecule has 1 fully saturated rings. The van der Waals surface area contributed by atoms with E-state index in [9.17, 15) is 18.7 Å². The zero-order valence-corrected chi connectivity index (χ0v) is 14.3. The van der Waals surface area contributed by atoms with Gasteiger partial charge in [0.05, 0.1) is 13.2 Å². The lowest BCUT2D eigenvalue weighted by molar-refractivity contribution is 0.0239. The summed E-state index contributed by atoms with van der Waals surface area (Å²) in [4.78, 5) is 16.5. The van der Waals surface area contributed by atoms with E-state index in [1.54, 1.807) is 12.4 Å². The third kappa shape index (κ3) is 3.99. The Hall–Kier alpha value is -2.54. The van der Waals surface area contributed by atoms with Crippen LogP contribution in [0.3, 0.4) is 0 Å². The second-order valence-corrected chi connectivity index (χ2v) is 6.50. The first-order chi connectivity index (χ1) is 12.5. The van der Waals surface area contributed by atoms with Crippen LogP contribution in [0.25, 0.3) is 0 Å². The van der Waals surface area contributed by atoms with Crippen molar-refractivity contribution in [2.45, 2.75) is 31.4 Å². The van der Waals surface area contributed by atoms with Crippen molar-refractivity contribution in [3.05, 3.63) is 59.4 Å². The molecule has 0 saturated heterocycles. The zero-order chi connectivity index (χ0) is 18.7. The summed E-state index contributed by atoms with van der Waals surface area (Å²) >= 11 is 0. The van der Waals surface area contributed by atoms with Gasteiger partial charge >= 0.3 is 0 Å². The maximum absolute atomic E-state index is 13.9. The van der Waals surface area contributed by atoms with Gasteiger partial charge in [0, 0.05) is 24.0 Å². The molecule has 138 valence electrons. The minimum atomic E-state index is -0.928. The van der Waals surface area contributed by atoms with Crippen molar-refractivity contribution in [1.29, 1.82) is 0 Å². The molecule has 1 aliphatic carbocycles. The number of carbonyl (C=O) groups excluding carboxylic acids is 1. The van der Waals surface area contributed by atoms with E-state index < -0.39 is 23.3 Å². The SMILES string of the molecule is COc1c(F)cc(C(=O)N[C@H](Cc2ccncc2)C2CC(O)C2)cc1F. The van der Waals surface area contributed by atoms with Crippen LogP contribution >= 0.6 is 0 Å². The number of carbonyl (C=O) groups is 1. The summed E-state index contributed by atoms with van der Waals surface area (Å²) < 4.78 is 32.3. The normalized spacial score (nSPS) is 20.2. The van der Waals surface area contributed by atoms with Crippen LogP contribution in [-0.2, 0) is 6.42 Å². The lowest BCUT2D eigenvalue weighted by Gasteiger charge is -2.38. The number of rotatable bonds is 6. The van der Waals surface area contributed by atoms with Gasteiger partial charge in [-0.25, -0.2) is 8.78 Å². The Bertz CT molecular complexity index is 757. The number of hydrogen-bond donors (Lipinski definition) is 2. The van der Waals surface area contributed by atoms with Gasteiger partial charge in [0.25, 0.3) is 5.91 Å². The lowest BCUT2D eigenvalue weighted by Crippen LogP contribution is -2.48. The monoisotopic (exact) mass is 362 g/mol. The highest BCUT2D eigenvalue weighted by Crippen LogP contribution is 2.32. The minimum Gasteiger partial charge on any atom is -0.491 e. The van der Waals surface area contributed by atoms with Crippen molar-refractivity contribution in [2.24, 2.45) is 5.92 Å². The van der Waals surface area contributed by atoms with Gasteiger partial charge < -0.3 is 15.2 Å². The topological polar surface area (TPSA) is 71.5 Å². The molecule has 26 heavy (non-hydrogen) atoms. The van der Waals surface area contributed by atoms with Gasteiger partial charge in [-0.05, 0) is 55.0 Å². The summed E-state index contributed by atoms with van der Waals surface area (Å²) in [6.45, 7) is 0. The third-order valence-electron chi connectivity index (χ3n) is 4.70. The molecule has 1 aromatic heterocycles. The number of hydrogen-bond acceptors (Lipinski definition) is 4. The summed E-state index contributed by atoms with van der Waals surface area (Å²) in [5.74, 6) is -2.83. The van der Waals surface area contributed by atoms with E-state index in [1.807, 2.05) is 12.1 Å². The molecule has 1 atom stereocenters. The fraction of sp³-hybridized carbons (Fsp3) is 0.368. The molecule has 0 spiro atoms. The average molecular weight is 362 g/mol. The van der Waals surface area contributed by atoms with Crippen molar-refractivity contribution >= 4 is 5.91 Å². The number of aliphatic hydroxyl groups excluding tert-OH is 1. The van der Waals surface area contributed by atoms with E-state index in [-0.39, 0.29) is 23.6 Å². The van der Waals surface area contributed by atoms with Gasteiger partial charge in [0.15, 0.2) is 17.4 Å². The third-order valence-corrected chi connectivity index (χ3v) is 4.70. The number of amides is 1. The Kier molecular flexibility index (Phi) is 5.46. The van der Waals surface area contributed by atoms with Gasteiger partial charge in [0.2, 0.25) is 0 Å². The summed E-state index contributed by atoms with van der Waals surface area (Å²) in [5, 5.41) is 12.4. The van der Waals surface area contributed by atoms with Crippen LogP contribution in [0.1, 0.15) is 28.8 Å². The molecule has 1 aromatic carbocycles. The maximum atomic E-state index is 13.9. The molecule has 3 rings (SSSR count). The molecule has 2 N–H and O–H groups in total. The highest BCUT2D eigenvalue weighted by atomic mass is 19.1. The first kappa shape index (κ1) is 18.3. The Morgan fingerprint density at radius 3 is 2.46 bits per heavy atom. The van der Waals surface area contributed by atoms with Gasteiger partial charge in [0.1, 0.15) is 0 Å². The van der Waals surface area contributed by atoms with Crippen LogP contribution in [0.4, 0.5) is 8.78 Å². The molecule has 0 bridgehead atoms. The molecule has 2 aromatic rings. The fourth-order valence-electron chi connectivity index (χ4n) is 3.20. The van der Waals surface area contributed by atoms with Crippen molar-refractivity contribution < 1.29 is 23.4 Å². The second-order valence-electron chi connectivity index (χ2n) is 6.50. The van der Waals surface area contributed by atoms with E-state index in [2.05, 4.69) is 15.0 Å². The molecule has 1 aliphatic rings. The Morgan fingerprint density at radius 2 is 1.92 bits per heavy atom. The first-order valence-electron chi connectivity index (χ1n) is 8.38. The molecule has 5 nitrogen and oxygen atoms in total. The Labute approximate surface area is 150 Å². The van der Waals surface area contributed by atoms with Gasteiger partial charge in [-0.1, -0.05) is 0 Å². The van der Waals surface area contributed by atoms with Crippen LogP contribution < -0.4 is 10.1 Å². The van der Waals surface area contributed by atoms with Crippen molar-refractivity contribution in [3.8, 4) is 5.75 Å². The number of aromatic nitrogens is 1. The predicted octanol–water partition coefficient (Wildman–Crippen LogP) is 2.48. The van der Waals surface area contributed by atoms with Crippen LogP contribution in [0.15, 0.2) is 36.7 Å². The second kappa shape index (κ2) is 7.78. The average Bonchev–Trinajstić information content (AvgIpc) is 2.59. The molecular weight excluding hydrogens is 342 g/mol. The summed E-state index contributed by atoms with van der Waals surface area (Å²) in [5.41, 5.74) is 0.874. The van der Waals surface area contributed by atoms with E-state index in [4.69, 9.17) is 0 Å². The fourth-order valence-corrected chi connectivity index (χ4v) is 3.20. The van der Waals surface area contributed by atoms with Crippen LogP contribution in [0.2, 0.25) is 0 Å². The van der Waals surface area contributed by atoms with Gasteiger partial charge in [-0.3, -0.25) is 9.78 Å². The maximum Gasteiger partial charge on any atom is 0.251 e. The molecule has 7 heteroatoms. The summed E-state index contributed by atoms with van der Waals surface area (Å²) in [6, 6.07) is 5.36. The smallest absolute Gasteiger partial charge is 0.251 e. The standard InChI is InChI=1S/C19H20F2N2O3/c1-26-18-15(20)9-13(10-16(18)21)19(25)23-17(12-7-14(24)8-12)6-11-2-4-22-5-3-11/h2-5,9-10,12,14,17,24H,6-8H2,1H3,(H,23,25)/t12?,14?,17-/m1/s1. The number of methoxy groups -OCH3 is 1. The number of aliphatic hydroxyl groups is 1. The molecule has 1 heterocycles. The Balaban J connectivity index is 1.77. The van der Waals surface area contributed by atoms with E-state index in [1.165, 1.54) is 0 Å². The van der Waals surface area contributed by atoms with E-state index in [0.717, 1.165) is 24.8 Å². The van der Waals surface area contributed by atoms with E-state index >= 15 is 0 Å². The molecule has 1 amide bonds. The van der Waals surface area contributed by atoms with Gasteiger partial charge in [-0.2, -0.15) is 0 Å². The molecule has 1 saturated carbocycles. The quantitative estimate of drug-likeness (QED) is 0.828. The summed E-state index contributed by atoms with van der Waals surface area (Å²) in [6.07, 6.45) is 4.68. The number of pyridine rings is 1. The number of halogens is 2. The molecule has 0 unspecified atom stereocenters. The largest absolute Gasteiger partial charge is 0.491 e. The number of nitrogens with one attached hydrogen (secondary N) is 1. The highest BCUT2D eigenvalue weighted by molar-refractivity contribution is 5.94. The Morgan fingerprint density at radius 1 is 1.31 bits per heavy atom. The highest BCUT2D eigenvalue weighted by Gasteiger charge is 2.35. The van der Waals surface area contributed by atoms with Crippen molar-refractivity contribution in [3.63, 3.8) is 0 Å². The lowest BCUT2D eigenvalue weighted by atomic mass is 9.75. The van der Waals surface area contributed by atoms with Gasteiger partial charge in [-0.15, -0.1) is 0 Å². The number of benzene rings is 1. The van der Waals surface area contributed by atoms with E-state index in [0.29, 0.717) is 19.3 Å². The zero-order valence-electron chi connectivity index (χ0n) is 14.3. The minimum absolute atomic E-state index is 0.107. The van der Waals surface area contributed by atoms with Crippen LogP contribution in [0, 0.1) is 17.6 Å². The predicted molar refractivity (Wildman–Crippen MR) is 90.8 cm³/mol. The molecule has 0 aliphatic heterocycles. The van der Waals surface area contributed by atoms with Crippen molar-refractivity contribution in [2.75, 3.05) is 7.11 Å². The number of nitrogens with zero attached hydrogens (tertiary/aromatic N) is 1. The van der Waals surface area contributed by atoms with Crippen LogP contribution in [-0.4, -0.2) is 35.3 Å². The molecular formula is C19H20F2N2O3. The van der Waals surface area contributed by atoms with Crippen molar-refractivity contribution in [1.82, 2.24) is 10.3 Å².